The average molecular weight is 162 g/mol. The van der Waals surface area contributed by atoms with Gasteiger partial charge in [-0.05, 0) is 4.94 Å². The van der Waals surface area contributed by atoms with E-state index in [1.54, 1.807) is 27.7 Å². The SMILES string of the molecule is CC1(C)[NH+]([O-])O[NH+]([O-])C1(C)C. The molecule has 0 spiro atoms. The van der Waals surface area contributed by atoms with E-state index in [9.17, 15) is 10.4 Å². The maximum atomic E-state index is 11.1. The molecule has 0 bridgehead atoms. The van der Waals surface area contributed by atoms with E-state index < -0.39 is 21.5 Å². The Bertz CT molecular complexity index is 151. The van der Waals surface area contributed by atoms with E-state index in [2.05, 4.69) is 4.94 Å². The van der Waals surface area contributed by atoms with E-state index in [1.807, 2.05) is 0 Å². The molecule has 66 valence electrons. The maximum Gasteiger partial charge on any atom is 0.184 e. The molecule has 1 heterocycles. The number of rotatable bonds is 0. The van der Waals surface area contributed by atoms with Gasteiger partial charge in [0.15, 0.2) is 11.1 Å². The van der Waals surface area contributed by atoms with E-state index in [-0.39, 0.29) is 0 Å². The van der Waals surface area contributed by atoms with Gasteiger partial charge in [-0.25, -0.2) is 0 Å². The van der Waals surface area contributed by atoms with Crippen molar-refractivity contribution >= 4 is 0 Å². The summed E-state index contributed by atoms with van der Waals surface area (Å²) in [4.78, 5) is 4.51. The Balaban J connectivity index is 2.95. The molecule has 0 aromatic carbocycles. The van der Waals surface area contributed by atoms with Crippen molar-refractivity contribution in [1.29, 1.82) is 0 Å². The minimum Gasteiger partial charge on any atom is -0.595 e. The molecule has 1 aliphatic rings. The van der Waals surface area contributed by atoms with Gasteiger partial charge in [0.1, 0.15) is 0 Å². The van der Waals surface area contributed by atoms with Crippen molar-refractivity contribution in [2.75, 3.05) is 0 Å². The zero-order valence-electron chi connectivity index (χ0n) is 7.22. The lowest BCUT2D eigenvalue weighted by atomic mass is 9.84. The van der Waals surface area contributed by atoms with Crippen LogP contribution in [0.25, 0.3) is 0 Å². The second-order valence-corrected chi connectivity index (χ2v) is 3.93. The first-order chi connectivity index (χ1) is 4.80. The van der Waals surface area contributed by atoms with Crippen LogP contribution in [0.4, 0.5) is 0 Å². The summed E-state index contributed by atoms with van der Waals surface area (Å²) in [5.74, 6) is 0. The van der Waals surface area contributed by atoms with Gasteiger partial charge in [-0.3, -0.25) is 0 Å². The summed E-state index contributed by atoms with van der Waals surface area (Å²) in [5.41, 5.74) is -1.38. The normalized spacial score (nSPS) is 40.9. The standard InChI is InChI=1S/C6H14N2O3/c1-5(2)6(3,4)8(10)11-7(5)9/h7-8H,1-4H3. The molecule has 1 fully saturated rings. The summed E-state index contributed by atoms with van der Waals surface area (Å²) >= 11 is 0. The third-order valence-corrected chi connectivity index (χ3v) is 2.77. The fourth-order valence-electron chi connectivity index (χ4n) is 0.850. The van der Waals surface area contributed by atoms with E-state index in [4.69, 9.17) is 0 Å². The predicted molar refractivity (Wildman–Crippen MR) is 37.9 cm³/mol. The molecule has 1 saturated heterocycles. The third kappa shape index (κ3) is 0.969. The number of hydrogen-bond donors (Lipinski definition) is 2. The van der Waals surface area contributed by atoms with Crippen LogP contribution in [0, 0.1) is 10.4 Å². The summed E-state index contributed by atoms with van der Waals surface area (Å²) < 4.78 is 0. The lowest BCUT2D eigenvalue weighted by Crippen LogP contribution is -3.19. The maximum absolute atomic E-state index is 11.1. The highest BCUT2D eigenvalue weighted by atomic mass is 17.1. The molecule has 0 saturated carbocycles. The fourth-order valence-corrected chi connectivity index (χ4v) is 0.850. The van der Waals surface area contributed by atoms with Gasteiger partial charge in [-0.2, -0.15) is 10.5 Å². The summed E-state index contributed by atoms with van der Waals surface area (Å²) in [7, 11) is 0. The van der Waals surface area contributed by atoms with Gasteiger partial charge in [0.25, 0.3) is 0 Å². The third-order valence-electron chi connectivity index (χ3n) is 2.77. The predicted octanol–water partition coefficient (Wildman–Crippen LogP) is -1.83. The first kappa shape index (κ1) is 8.89. The number of nitrogens with one attached hydrogen (secondary N) is 2. The van der Waals surface area contributed by atoms with Crippen LogP contribution in [0.1, 0.15) is 27.7 Å². The van der Waals surface area contributed by atoms with Gasteiger partial charge in [-0.15, -0.1) is 0 Å². The van der Waals surface area contributed by atoms with Crippen molar-refractivity contribution < 1.29 is 15.4 Å². The smallest absolute Gasteiger partial charge is 0.184 e. The van der Waals surface area contributed by atoms with Crippen LogP contribution in [0.15, 0.2) is 0 Å². The van der Waals surface area contributed by atoms with Crippen LogP contribution >= 0.6 is 0 Å². The summed E-state index contributed by atoms with van der Waals surface area (Å²) in [5, 5.41) is 21.3. The molecule has 2 unspecified atom stereocenters. The molecular formula is C6H14N2O3. The summed E-state index contributed by atoms with van der Waals surface area (Å²) in [6.45, 7) is 6.89. The van der Waals surface area contributed by atoms with Gasteiger partial charge in [-0.1, -0.05) is 0 Å². The molecule has 1 aliphatic heterocycles. The molecule has 2 atom stereocenters. The van der Waals surface area contributed by atoms with Crippen molar-refractivity contribution in [1.82, 2.24) is 0 Å². The molecule has 11 heavy (non-hydrogen) atoms. The quantitative estimate of drug-likeness (QED) is 0.412. The van der Waals surface area contributed by atoms with Crippen LogP contribution in [0.2, 0.25) is 0 Å². The van der Waals surface area contributed by atoms with Gasteiger partial charge in [0, 0.05) is 27.7 Å². The van der Waals surface area contributed by atoms with Crippen molar-refractivity contribution in [3.05, 3.63) is 10.4 Å². The molecule has 5 heteroatoms. The Labute approximate surface area is 65.6 Å². The monoisotopic (exact) mass is 162 g/mol. The molecular weight excluding hydrogens is 148 g/mol. The van der Waals surface area contributed by atoms with Crippen LogP contribution in [0.3, 0.4) is 0 Å². The second kappa shape index (κ2) is 2.15. The van der Waals surface area contributed by atoms with Gasteiger partial charge < -0.3 is 10.4 Å². The van der Waals surface area contributed by atoms with Gasteiger partial charge in [0.05, 0.1) is 0 Å². The summed E-state index contributed by atoms with van der Waals surface area (Å²) in [6, 6.07) is 0. The molecule has 5 nitrogen and oxygen atoms in total. The highest BCUT2D eigenvalue weighted by Gasteiger charge is 2.58. The van der Waals surface area contributed by atoms with E-state index >= 15 is 0 Å². The fraction of sp³-hybridized carbons (Fsp3) is 1.00. The highest BCUT2D eigenvalue weighted by molar-refractivity contribution is 4.86. The van der Waals surface area contributed by atoms with Crippen LogP contribution < -0.4 is 10.5 Å². The van der Waals surface area contributed by atoms with Crippen molar-refractivity contribution in [3.8, 4) is 0 Å². The van der Waals surface area contributed by atoms with E-state index in [1.165, 1.54) is 0 Å². The molecule has 0 aliphatic carbocycles. The minimum absolute atomic E-state index is 0.424. The van der Waals surface area contributed by atoms with Crippen LogP contribution in [-0.4, -0.2) is 11.1 Å². The lowest BCUT2D eigenvalue weighted by Gasteiger charge is -2.31. The first-order valence-electron chi connectivity index (χ1n) is 3.57. The topological polar surface area (TPSA) is 64.2 Å². The zero-order chi connectivity index (χ0) is 8.86. The Hall–Kier alpha value is -0.200. The largest absolute Gasteiger partial charge is 0.595 e. The Morgan fingerprint density at radius 3 is 1.27 bits per heavy atom. The molecule has 2 N–H and O–H groups in total. The van der Waals surface area contributed by atoms with E-state index in [0.717, 1.165) is 0 Å². The Morgan fingerprint density at radius 1 is 0.909 bits per heavy atom. The average Bonchev–Trinajstić information content (AvgIpc) is 1.95. The Morgan fingerprint density at radius 2 is 1.18 bits per heavy atom. The lowest BCUT2D eigenvalue weighted by molar-refractivity contribution is -1.28. The Kier molecular flexibility index (Phi) is 1.74. The van der Waals surface area contributed by atoms with E-state index in [0.29, 0.717) is 0 Å². The van der Waals surface area contributed by atoms with Crippen LogP contribution in [-0.2, 0) is 4.94 Å². The molecule has 0 radical (unpaired) electrons. The van der Waals surface area contributed by atoms with Crippen LogP contribution in [0.5, 0.6) is 0 Å². The van der Waals surface area contributed by atoms with Crippen molar-refractivity contribution in [3.63, 3.8) is 0 Å². The number of hydrogen-bond acceptors (Lipinski definition) is 3. The highest BCUT2D eigenvalue weighted by Crippen LogP contribution is 2.16. The van der Waals surface area contributed by atoms with Gasteiger partial charge >= 0.3 is 0 Å². The molecule has 0 aromatic heterocycles. The first-order valence-corrected chi connectivity index (χ1v) is 3.57. The molecule has 1 rings (SSSR count). The molecule has 0 aromatic rings. The minimum atomic E-state index is -0.690. The van der Waals surface area contributed by atoms with Crippen molar-refractivity contribution in [2.45, 2.75) is 38.8 Å². The van der Waals surface area contributed by atoms with Gasteiger partial charge in [0.2, 0.25) is 0 Å². The zero-order valence-corrected chi connectivity index (χ0v) is 7.22. The van der Waals surface area contributed by atoms with Crippen molar-refractivity contribution in [2.24, 2.45) is 0 Å². The number of hydroxylamine groups is 4. The second-order valence-electron chi connectivity index (χ2n) is 3.93. The summed E-state index contributed by atoms with van der Waals surface area (Å²) in [6.07, 6.45) is 0. The molecule has 0 amide bonds. The number of quaternary nitrogens is 2.